The highest BCUT2D eigenvalue weighted by molar-refractivity contribution is 8.26. The molecule has 1 amide bonds. The molecule has 8 nitrogen and oxygen atoms in total. The summed E-state index contributed by atoms with van der Waals surface area (Å²) in [5, 5.41) is 9.15. The van der Waals surface area contributed by atoms with Gasteiger partial charge in [0.1, 0.15) is 5.69 Å². The number of carbonyl (C=O) groups is 1. The van der Waals surface area contributed by atoms with Crippen molar-refractivity contribution in [3.05, 3.63) is 23.9 Å². The number of amides is 1. The number of hydrogen-bond donors (Lipinski definition) is 3. The highest BCUT2D eigenvalue weighted by Crippen LogP contribution is 2.62. The lowest BCUT2D eigenvalue weighted by Crippen LogP contribution is -2.33. The molecule has 2 aliphatic heterocycles. The largest absolute Gasteiger partial charge is 0.465 e. The summed E-state index contributed by atoms with van der Waals surface area (Å²) in [4.78, 5) is 17.2. The zero-order chi connectivity index (χ0) is 20.7. The number of aromatic nitrogens is 1. The van der Waals surface area contributed by atoms with E-state index in [0.29, 0.717) is 36.7 Å². The van der Waals surface area contributed by atoms with Gasteiger partial charge in [-0.3, -0.25) is 9.11 Å². The van der Waals surface area contributed by atoms with Crippen LogP contribution in [0.5, 0.6) is 0 Å². The first kappa shape index (κ1) is 18.9. The van der Waals surface area contributed by atoms with Crippen molar-refractivity contribution < 1.29 is 27.8 Å². The van der Waals surface area contributed by atoms with Crippen molar-refractivity contribution >= 4 is 34.1 Å². The van der Waals surface area contributed by atoms with Gasteiger partial charge in [-0.25, -0.2) is 27.2 Å². The first-order chi connectivity index (χ1) is 13.6. The van der Waals surface area contributed by atoms with Crippen LogP contribution in [0.15, 0.2) is 18.2 Å². The van der Waals surface area contributed by atoms with Crippen molar-refractivity contribution in [3.8, 4) is 0 Å². The van der Waals surface area contributed by atoms with E-state index in [9.17, 15) is 22.7 Å². The molecule has 2 aliphatic carbocycles. The standard InChI is InChI=1S/C18H22F2N4O4S/c1-22-16-15(24(29(22,27)28)9-13-6-18(13,19)20)3-2-14(21-16)10-4-11-7-23(17(25)26)8-12(11)5-10/h2-4,11-13,27-28H,5-9H2,1H3,(H,25,26). The van der Waals surface area contributed by atoms with Crippen LogP contribution >= 0.6 is 11.0 Å². The molecule has 1 saturated heterocycles. The molecular formula is C18H22F2N4O4S. The summed E-state index contributed by atoms with van der Waals surface area (Å²) in [7, 11) is -1.92. The molecule has 0 aromatic carbocycles. The quantitative estimate of drug-likeness (QED) is 0.676. The molecule has 1 saturated carbocycles. The smallest absolute Gasteiger partial charge is 0.407 e. The lowest BCUT2D eigenvalue weighted by Gasteiger charge is -2.41. The topological polar surface area (TPSA) is 100 Å². The Morgan fingerprint density at radius 3 is 2.69 bits per heavy atom. The van der Waals surface area contributed by atoms with Crippen molar-refractivity contribution in [2.24, 2.45) is 17.8 Å². The highest BCUT2D eigenvalue weighted by Gasteiger charge is 2.59. The Hall–Kier alpha value is -2.11. The van der Waals surface area contributed by atoms with Gasteiger partial charge in [0, 0.05) is 44.9 Å². The summed E-state index contributed by atoms with van der Waals surface area (Å²) in [6, 6.07) is 3.47. The molecule has 158 valence electrons. The van der Waals surface area contributed by atoms with Gasteiger partial charge in [0.25, 0.3) is 5.92 Å². The molecular weight excluding hydrogens is 406 g/mol. The van der Waals surface area contributed by atoms with Crippen LogP contribution in [0, 0.1) is 17.8 Å². The number of pyridine rings is 1. The van der Waals surface area contributed by atoms with Crippen molar-refractivity contribution in [2.45, 2.75) is 18.8 Å². The molecule has 3 N–H and O–H groups in total. The molecule has 2 fully saturated rings. The third-order valence-corrected chi connectivity index (χ3v) is 8.26. The van der Waals surface area contributed by atoms with Crippen LogP contribution in [0.3, 0.4) is 0 Å². The van der Waals surface area contributed by atoms with E-state index in [-0.39, 0.29) is 24.8 Å². The third-order valence-electron chi connectivity index (χ3n) is 6.41. The summed E-state index contributed by atoms with van der Waals surface area (Å²) in [5.74, 6) is -2.90. The Kier molecular flexibility index (Phi) is 3.88. The molecule has 3 atom stereocenters. The van der Waals surface area contributed by atoms with Gasteiger partial charge in [0.2, 0.25) is 0 Å². The van der Waals surface area contributed by atoms with Gasteiger partial charge in [-0.2, -0.15) is 0 Å². The van der Waals surface area contributed by atoms with E-state index in [2.05, 4.69) is 11.1 Å². The molecule has 3 heterocycles. The predicted molar refractivity (Wildman–Crippen MR) is 105 cm³/mol. The summed E-state index contributed by atoms with van der Waals surface area (Å²) in [6.45, 7) is 0.832. The van der Waals surface area contributed by atoms with Crippen LogP contribution in [0.4, 0.5) is 25.1 Å². The molecule has 1 aromatic rings. The Morgan fingerprint density at radius 1 is 1.34 bits per heavy atom. The van der Waals surface area contributed by atoms with E-state index >= 15 is 0 Å². The number of alkyl halides is 2. The van der Waals surface area contributed by atoms with E-state index in [1.54, 1.807) is 12.1 Å². The van der Waals surface area contributed by atoms with Crippen LogP contribution in [-0.2, 0) is 0 Å². The molecule has 1 aromatic heterocycles. The number of rotatable bonds is 3. The number of allylic oxidation sites excluding steroid dienone is 1. The SMILES string of the molecule is CN1c2nc(C3=CC4CN(C(=O)O)CC4C3)ccc2N(CC2CC2(F)F)S1(O)O. The number of fused-ring (bicyclic) bond motifs is 2. The Morgan fingerprint density at radius 2 is 2.07 bits per heavy atom. The van der Waals surface area contributed by atoms with Crippen molar-refractivity contribution in [2.75, 3.05) is 35.3 Å². The van der Waals surface area contributed by atoms with Gasteiger partial charge >= 0.3 is 6.09 Å². The fraction of sp³-hybridized carbons (Fsp3) is 0.556. The maximum absolute atomic E-state index is 13.4. The Balaban J connectivity index is 1.40. The average Bonchev–Trinajstić information content (AvgIpc) is 2.96. The molecule has 29 heavy (non-hydrogen) atoms. The van der Waals surface area contributed by atoms with Gasteiger partial charge in [-0.05, 0) is 41.0 Å². The van der Waals surface area contributed by atoms with Gasteiger partial charge in [-0.1, -0.05) is 6.08 Å². The normalized spacial score (nSPS) is 32.1. The number of halogens is 2. The maximum Gasteiger partial charge on any atom is 0.407 e. The van der Waals surface area contributed by atoms with Crippen molar-refractivity contribution in [1.29, 1.82) is 0 Å². The lowest BCUT2D eigenvalue weighted by molar-refractivity contribution is 0.101. The monoisotopic (exact) mass is 428 g/mol. The second kappa shape index (κ2) is 5.96. The lowest BCUT2D eigenvalue weighted by atomic mass is 9.99. The minimum absolute atomic E-state index is 0.133. The van der Waals surface area contributed by atoms with E-state index < -0.39 is 28.9 Å². The molecule has 0 bridgehead atoms. The van der Waals surface area contributed by atoms with E-state index in [1.807, 2.05) is 0 Å². The predicted octanol–water partition coefficient (Wildman–Crippen LogP) is 3.59. The number of anilines is 2. The molecule has 4 aliphatic rings. The zero-order valence-electron chi connectivity index (χ0n) is 15.7. The second-order valence-electron chi connectivity index (χ2n) is 8.26. The zero-order valence-corrected chi connectivity index (χ0v) is 16.5. The summed E-state index contributed by atoms with van der Waals surface area (Å²) in [5.41, 5.74) is 2.14. The highest BCUT2D eigenvalue weighted by atomic mass is 32.3. The minimum atomic E-state index is -3.42. The van der Waals surface area contributed by atoms with Crippen LogP contribution < -0.4 is 8.61 Å². The van der Waals surface area contributed by atoms with Gasteiger partial charge in [0.15, 0.2) is 5.82 Å². The van der Waals surface area contributed by atoms with Crippen LogP contribution in [-0.4, -0.2) is 62.8 Å². The molecule has 3 unspecified atom stereocenters. The van der Waals surface area contributed by atoms with Gasteiger partial charge in [0.05, 0.1) is 5.69 Å². The van der Waals surface area contributed by atoms with Gasteiger partial charge < -0.3 is 10.0 Å². The van der Waals surface area contributed by atoms with E-state index in [4.69, 9.17) is 5.11 Å². The number of likely N-dealkylation sites (tertiary alicyclic amines) is 1. The summed E-state index contributed by atoms with van der Waals surface area (Å²) < 4.78 is 50.4. The van der Waals surface area contributed by atoms with Crippen molar-refractivity contribution in [1.82, 2.24) is 9.88 Å². The minimum Gasteiger partial charge on any atom is -0.465 e. The van der Waals surface area contributed by atoms with Crippen LogP contribution in [0.25, 0.3) is 5.57 Å². The fourth-order valence-corrected chi connectivity index (χ4v) is 6.01. The third kappa shape index (κ3) is 2.86. The average molecular weight is 428 g/mol. The Bertz CT molecular complexity index is 927. The number of hydrogen-bond acceptors (Lipinski definition) is 6. The first-order valence-corrected chi connectivity index (χ1v) is 10.9. The number of carboxylic acid groups (broad SMARTS) is 1. The molecule has 0 radical (unpaired) electrons. The summed E-state index contributed by atoms with van der Waals surface area (Å²) >= 11 is 0. The molecule has 0 spiro atoms. The van der Waals surface area contributed by atoms with E-state index in [0.717, 1.165) is 5.57 Å². The fourth-order valence-electron chi connectivity index (χ4n) is 4.56. The second-order valence-corrected chi connectivity index (χ2v) is 10.2. The van der Waals surface area contributed by atoms with Gasteiger partial charge in [-0.15, -0.1) is 0 Å². The number of nitrogens with zero attached hydrogens (tertiary/aromatic N) is 4. The first-order valence-electron chi connectivity index (χ1n) is 9.45. The maximum atomic E-state index is 13.4. The van der Waals surface area contributed by atoms with E-state index in [1.165, 1.54) is 20.6 Å². The molecule has 5 rings (SSSR count). The van der Waals surface area contributed by atoms with Crippen LogP contribution in [0.2, 0.25) is 0 Å². The molecule has 11 heteroatoms. The Labute approximate surface area is 168 Å². The summed E-state index contributed by atoms with van der Waals surface area (Å²) in [6.07, 6.45) is 1.61. The van der Waals surface area contributed by atoms with Crippen LogP contribution in [0.1, 0.15) is 18.5 Å². The van der Waals surface area contributed by atoms with Crippen molar-refractivity contribution in [3.63, 3.8) is 0 Å².